The Hall–Kier alpha value is -2.75. The third kappa shape index (κ3) is 2.44. The van der Waals surface area contributed by atoms with Crippen LogP contribution in [0.5, 0.6) is 5.75 Å². The highest BCUT2D eigenvalue weighted by molar-refractivity contribution is 5.92. The van der Waals surface area contributed by atoms with Crippen LogP contribution >= 0.6 is 0 Å². The summed E-state index contributed by atoms with van der Waals surface area (Å²) in [6.07, 6.45) is 0.806. The minimum Gasteiger partial charge on any atom is -0.493 e. The van der Waals surface area contributed by atoms with Crippen LogP contribution < -0.4 is 9.64 Å². The van der Waals surface area contributed by atoms with Gasteiger partial charge in [0.2, 0.25) is 0 Å². The van der Waals surface area contributed by atoms with Crippen LogP contribution in [0, 0.1) is 0 Å². The summed E-state index contributed by atoms with van der Waals surface area (Å²) in [5.74, 6) is 1.32. The van der Waals surface area contributed by atoms with Crippen molar-refractivity contribution in [1.29, 1.82) is 0 Å². The molecule has 0 saturated carbocycles. The van der Waals surface area contributed by atoms with Crippen molar-refractivity contribution in [3.63, 3.8) is 0 Å². The third-order valence-corrected chi connectivity index (χ3v) is 3.63. The Morgan fingerprint density at radius 2 is 1.82 bits per heavy atom. The third-order valence-electron chi connectivity index (χ3n) is 3.63. The van der Waals surface area contributed by atoms with E-state index in [4.69, 9.17) is 9.15 Å². The number of furan rings is 1. The number of hydrogen-bond acceptors (Lipinski definition) is 4. The van der Waals surface area contributed by atoms with Gasteiger partial charge in [-0.1, -0.05) is 0 Å². The van der Waals surface area contributed by atoms with Crippen LogP contribution in [0.4, 0.5) is 5.69 Å². The molecule has 0 amide bonds. The summed E-state index contributed by atoms with van der Waals surface area (Å²) in [5, 5.41) is 0.855. The lowest BCUT2D eigenvalue weighted by Gasteiger charge is -2.12. The molecule has 0 aliphatic heterocycles. The van der Waals surface area contributed by atoms with E-state index in [1.165, 1.54) is 0 Å². The lowest BCUT2D eigenvalue weighted by atomic mass is 10.1. The van der Waals surface area contributed by atoms with Crippen LogP contribution in [0.15, 0.2) is 46.9 Å². The van der Waals surface area contributed by atoms with Crippen LogP contribution in [0.1, 0.15) is 10.4 Å². The zero-order valence-corrected chi connectivity index (χ0v) is 12.8. The Morgan fingerprint density at radius 1 is 1.09 bits per heavy atom. The number of benzene rings is 2. The fraction of sp³-hybridized carbons (Fsp3) is 0.167. The first-order chi connectivity index (χ1) is 10.6. The first kappa shape index (κ1) is 14.2. The first-order valence-electron chi connectivity index (χ1n) is 6.97. The van der Waals surface area contributed by atoms with Gasteiger partial charge in [-0.25, -0.2) is 0 Å². The van der Waals surface area contributed by atoms with Crippen molar-refractivity contribution < 1.29 is 13.9 Å². The number of carbonyl (C=O) groups excluding carboxylic acids is 1. The van der Waals surface area contributed by atoms with Gasteiger partial charge < -0.3 is 14.1 Å². The maximum Gasteiger partial charge on any atom is 0.176 e. The Kier molecular flexibility index (Phi) is 3.59. The summed E-state index contributed by atoms with van der Waals surface area (Å²) >= 11 is 0. The molecule has 3 aromatic rings. The van der Waals surface area contributed by atoms with Gasteiger partial charge in [0.05, 0.1) is 7.11 Å². The number of ether oxygens (including phenoxy) is 1. The Labute approximate surface area is 128 Å². The maximum atomic E-state index is 11.0. The van der Waals surface area contributed by atoms with Gasteiger partial charge in [-0.3, -0.25) is 4.79 Å². The standard InChI is InChI=1S/C18H17NO3/c1-19(2)15-6-4-13(5-7-15)16-10-14-8-12(11-20)9-17(21-3)18(14)22-16/h4-11H,1-3H3. The summed E-state index contributed by atoms with van der Waals surface area (Å²) in [6, 6.07) is 13.5. The molecule has 3 rings (SSSR count). The number of aldehydes is 1. The van der Waals surface area contributed by atoms with Crippen molar-refractivity contribution >= 4 is 22.9 Å². The number of rotatable bonds is 4. The zero-order chi connectivity index (χ0) is 15.7. The molecule has 0 saturated heterocycles. The predicted molar refractivity (Wildman–Crippen MR) is 87.9 cm³/mol. The van der Waals surface area contributed by atoms with E-state index in [0.717, 1.165) is 28.7 Å². The van der Waals surface area contributed by atoms with Gasteiger partial charge in [0, 0.05) is 36.3 Å². The number of nitrogens with zero attached hydrogens (tertiary/aromatic N) is 1. The minimum absolute atomic E-state index is 0.566. The Balaban J connectivity index is 2.09. The van der Waals surface area contributed by atoms with Gasteiger partial charge in [0.25, 0.3) is 0 Å². The normalized spacial score (nSPS) is 10.7. The van der Waals surface area contributed by atoms with Gasteiger partial charge in [-0.05, 0) is 42.5 Å². The molecule has 0 unspecified atom stereocenters. The quantitative estimate of drug-likeness (QED) is 0.683. The van der Waals surface area contributed by atoms with Crippen LogP contribution in [-0.2, 0) is 0 Å². The SMILES string of the molecule is COc1cc(C=O)cc2cc(-c3ccc(N(C)C)cc3)oc12. The van der Waals surface area contributed by atoms with E-state index in [1.807, 2.05) is 49.3 Å². The van der Waals surface area contributed by atoms with E-state index in [2.05, 4.69) is 0 Å². The van der Waals surface area contributed by atoms with Gasteiger partial charge in [0.1, 0.15) is 12.0 Å². The molecule has 0 bridgehead atoms. The van der Waals surface area contributed by atoms with Gasteiger partial charge in [-0.15, -0.1) is 0 Å². The Morgan fingerprint density at radius 3 is 2.41 bits per heavy atom. The van der Waals surface area contributed by atoms with Gasteiger partial charge in [-0.2, -0.15) is 0 Å². The predicted octanol–water partition coefficient (Wildman–Crippen LogP) is 3.99. The summed E-state index contributed by atoms with van der Waals surface area (Å²) < 4.78 is 11.2. The van der Waals surface area contributed by atoms with E-state index in [-0.39, 0.29) is 0 Å². The molecular weight excluding hydrogens is 278 g/mol. The molecule has 1 heterocycles. The molecule has 4 nitrogen and oxygen atoms in total. The molecule has 4 heteroatoms. The maximum absolute atomic E-state index is 11.0. The van der Waals surface area contributed by atoms with E-state index in [0.29, 0.717) is 16.9 Å². The number of methoxy groups -OCH3 is 1. The van der Waals surface area contributed by atoms with Crippen molar-refractivity contribution in [2.45, 2.75) is 0 Å². The summed E-state index contributed by atoms with van der Waals surface area (Å²) in [4.78, 5) is 13.0. The highest BCUT2D eigenvalue weighted by Crippen LogP contribution is 2.34. The smallest absolute Gasteiger partial charge is 0.176 e. The molecule has 0 spiro atoms. The molecule has 2 aromatic carbocycles. The number of hydrogen-bond donors (Lipinski definition) is 0. The highest BCUT2D eigenvalue weighted by atomic mass is 16.5. The van der Waals surface area contributed by atoms with Gasteiger partial charge in [0.15, 0.2) is 11.3 Å². The molecule has 112 valence electrons. The van der Waals surface area contributed by atoms with E-state index >= 15 is 0 Å². The van der Waals surface area contributed by atoms with E-state index in [1.54, 1.807) is 19.2 Å². The van der Waals surface area contributed by atoms with Crippen LogP contribution in [-0.4, -0.2) is 27.5 Å². The topological polar surface area (TPSA) is 42.7 Å². The van der Waals surface area contributed by atoms with Crippen LogP contribution in [0.2, 0.25) is 0 Å². The highest BCUT2D eigenvalue weighted by Gasteiger charge is 2.12. The van der Waals surface area contributed by atoms with Crippen molar-refractivity contribution in [2.75, 3.05) is 26.1 Å². The van der Waals surface area contributed by atoms with Crippen LogP contribution in [0.25, 0.3) is 22.3 Å². The summed E-state index contributed by atoms with van der Waals surface area (Å²) in [6.45, 7) is 0. The van der Waals surface area contributed by atoms with Crippen molar-refractivity contribution in [3.8, 4) is 17.1 Å². The second-order valence-electron chi connectivity index (χ2n) is 5.31. The van der Waals surface area contributed by atoms with Gasteiger partial charge >= 0.3 is 0 Å². The molecule has 1 aromatic heterocycles. The lowest BCUT2D eigenvalue weighted by Crippen LogP contribution is -2.07. The largest absolute Gasteiger partial charge is 0.493 e. The number of anilines is 1. The van der Waals surface area contributed by atoms with Crippen molar-refractivity contribution in [1.82, 2.24) is 0 Å². The molecule has 0 N–H and O–H groups in total. The molecule has 22 heavy (non-hydrogen) atoms. The van der Waals surface area contributed by atoms with Crippen molar-refractivity contribution in [3.05, 3.63) is 48.0 Å². The van der Waals surface area contributed by atoms with Crippen molar-refractivity contribution in [2.24, 2.45) is 0 Å². The lowest BCUT2D eigenvalue weighted by molar-refractivity contribution is 0.112. The number of fused-ring (bicyclic) bond motifs is 1. The molecule has 0 atom stereocenters. The van der Waals surface area contributed by atoms with Crippen LogP contribution in [0.3, 0.4) is 0 Å². The monoisotopic (exact) mass is 295 g/mol. The van der Waals surface area contributed by atoms with E-state index < -0.39 is 0 Å². The summed E-state index contributed by atoms with van der Waals surface area (Å²) in [5.41, 5.74) is 3.33. The second-order valence-corrected chi connectivity index (χ2v) is 5.31. The number of carbonyl (C=O) groups is 1. The zero-order valence-electron chi connectivity index (χ0n) is 12.8. The fourth-order valence-corrected chi connectivity index (χ4v) is 2.43. The average Bonchev–Trinajstić information content (AvgIpc) is 2.97. The molecular formula is C18H17NO3. The summed E-state index contributed by atoms with van der Waals surface area (Å²) in [7, 11) is 5.57. The van der Waals surface area contributed by atoms with E-state index in [9.17, 15) is 4.79 Å². The average molecular weight is 295 g/mol. The molecule has 0 aliphatic carbocycles. The first-order valence-corrected chi connectivity index (χ1v) is 6.97. The molecule has 0 radical (unpaired) electrons. The molecule has 0 fully saturated rings. The minimum atomic E-state index is 0.566. The fourth-order valence-electron chi connectivity index (χ4n) is 2.43. The second kappa shape index (κ2) is 5.56. The molecule has 0 aliphatic rings. The Bertz CT molecular complexity index is 816.